The third-order valence-corrected chi connectivity index (χ3v) is 3.51. The van der Waals surface area contributed by atoms with Crippen LogP contribution >= 0.6 is 15.9 Å². The first-order valence-electron chi connectivity index (χ1n) is 5.93. The number of aromatic nitrogens is 4. The maximum atomic E-state index is 13.4. The Kier molecular flexibility index (Phi) is 4.43. The second-order valence-electron chi connectivity index (χ2n) is 4.49. The molecule has 0 aliphatic heterocycles. The molecule has 6 nitrogen and oxygen atoms in total. The van der Waals surface area contributed by atoms with Crippen LogP contribution in [0.3, 0.4) is 0 Å². The van der Waals surface area contributed by atoms with Gasteiger partial charge in [0.15, 0.2) is 5.82 Å². The lowest BCUT2D eigenvalue weighted by Gasteiger charge is -2.20. The van der Waals surface area contributed by atoms with Crippen molar-refractivity contribution in [3.05, 3.63) is 39.9 Å². The van der Waals surface area contributed by atoms with E-state index in [1.54, 1.807) is 13.1 Å². The van der Waals surface area contributed by atoms with Crippen molar-refractivity contribution < 1.29 is 9.18 Å². The Morgan fingerprint density at radius 3 is 2.90 bits per heavy atom. The number of benzene rings is 1. The maximum Gasteiger partial charge on any atom is 0.253 e. The summed E-state index contributed by atoms with van der Waals surface area (Å²) in [5.74, 6) is -0.253. The predicted octanol–water partition coefficient (Wildman–Crippen LogP) is 1.98. The van der Waals surface area contributed by atoms with Crippen LogP contribution in [0, 0.1) is 5.82 Å². The van der Waals surface area contributed by atoms with E-state index in [9.17, 15) is 9.18 Å². The summed E-state index contributed by atoms with van der Waals surface area (Å²) in [7, 11) is 1.65. The van der Waals surface area contributed by atoms with Gasteiger partial charge in [-0.3, -0.25) is 4.79 Å². The van der Waals surface area contributed by atoms with Crippen molar-refractivity contribution >= 4 is 21.8 Å². The van der Waals surface area contributed by atoms with Gasteiger partial charge in [0.1, 0.15) is 5.82 Å². The van der Waals surface area contributed by atoms with E-state index in [2.05, 4.69) is 36.6 Å². The highest BCUT2D eigenvalue weighted by Gasteiger charge is 2.18. The van der Waals surface area contributed by atoms with Gasteiger partial charge in [0.2, 0.25) is 0 Å². The summed E-state index contributed by atoms with van der Waals surface area (Å²) in [5.41, 5.74) is 0.300. The molecule has 8 heteroatoms. The van der Waals surface area contributed by atoms with Crippen molar-refractivity contribution in [3.8, 4) is 0 Å². The summed E-state index contributed by atoms with van der Waals surface area (Å²) in [6.07, 6.45) is 0. The fraction of sp³-hybridized carbons (Fsp3) is 0.333. The van der Waals surface area contributed by atoms with Gasteiger partial charge in [0, 0.05) is 25.1 Å². The average molecular weight is 342 g/mol. The SMILES string of the molecule is CC(CN(C)C(=O)c1ccc(Br)c(F)c1)c1nn[nH]n1. The quantitative estimate of drug-likeness (QED) is 0.922. The van der Waals surface area contributed by atoms with E-state index < -0.39 is 5.82 Å². The fourth-order valence-electron chi connectivity index (χ4n) is 1.80. The van der Waals surface area contributed by atoms with Crippen LogP contribution in [0.25, 0.3) is 0 Å². The molecule has 1 heterocycles. The van der Waals surface area contributed by atoms with Crippen LogP contribution in [0.4, 0.5) is 4.39 Å². The number of hydrogen-bond donors (Lipinski definition) is 1. The minimum atomic E-state index is -0.463. The molecule has 106 valence electrons. The minimum absolute atomic E-state index is 0.0667. The molecular weight excluding hydrogens is 329 g/mol. The Balaban J connectivity index is 2.06. The van der Waals surface area contributed by atoms with E-state index in [1.807, 2.05) is 6.92 Å². The Labute approximate surface area is 123 Å². The van der Waals surface area contributed by atoms with Crippen LogP contribution in [0.15, 0.2) is 22.7 Å². The number of nitrogens with one attached hydrogen (secondary N) is 1. The second-order valence-corrected chi connectivity index (χ2v) is 5.34. The molecule has 0 aliphatic carbocycles. The van der Waals surface area contributed by atoms with Crippen molar-refractivity contribution in [2.45, 2.75) is 12.8 Å². The molecule has 0 radical (unpaired) electrons. The highest BCUT2D eigenvalue weighted by Crippen LogP contribution is 2.18. The van der Waals surface area contributed by atoms with Gasteiger partial charge in [-0.25, -0.2) is 4.39 Å². The van der Waals surface area contributed by atoms with Gasteiger partial charge in [-0.15, -0.1) is 10.2 Å². The molecule has 0 bridgehead atoms. The molecular formula is C12H13BrFN5O. The molecule has 0 fully saturated rings. The number of amides is 1. The van der Waals surface area contributed by atoms with Crippen LogP contribution in [0.2, 0.25) is 0 Å². The molecule has 20 heavy (non-hydrogen) atoms. The molecule has 1 unspecified atom stereocenters. The number of tetrazole rings is 1. The molecule has 0 spiro atoms. The highest BCUT2D eigenvalue weighted by molar-refractivity contribution is 9.10. The summed E-state index contributed by atoms with van der Waals surface area (Å²) in [6.45, 7) is 2.30. The molecule has 1 atom stereocenters. The van der Waals surface area contributed by atoms with Crippen LogP contribution in [-0.4, -0.2) is 45.0 Å². The van der Waals surface area contributed by atoms with Crippen molar-refractivity contribution in [2.24, 2.45) is 0 Å². The summed E-state index contributed by atoms with van der Waals surface area (Å²) >= 11 is 3.06. The third-order valence-electron chi connectivity index (χ3n) is 2.86. The zero-order valence-corrected chi connectivity index (χ0v) is 12.6. The Morgan fingerprint density at radius 2 is 2.30 bits per heavy atom. The first-order valence-corrected chi connectivity index (χ1v) is 6.72. The molecule has 0 saturated heterocycles. The van der Waals surface area contributed by atoms with Gasteiger partial charge in [-0.1, -0.05) is 12.1 Å². The standard InChI is InChI=1S/C12H13BrFN5O/c1-7(11-15-17-18-16-11)6-19(2)12(20)8-3-4-9(13)10(14)5-8/h3-5,7H,6H2,1-2H3,(H,15,16,17,18). The van der Waals surface area contributed by atoms with E-state index in [0.717, 1.165) is 0 Å². The van der Waals surface area contributed by atoms with E-state index in [0.29, 0.717) is 22.4 Å². The molecule has 1 N–H and O–H groups in total. The van der Waals surface area contributed by atoms with Gasteiger partial charge in [-0.05, 0) is 34.1 Å². The lowest BCUT2D eigenvalue weighted by Crippen LogP contribution is -2.30. The summed E-state index contributed by atoms with van der Waals surface area (Å²) in [5, 5.41) is 13.6. The molecule has 0 aliphatic rings. The van der Waals surface area contributed by atoms with Crippen LogP contribution in [-0.2, 0) is 0 Å². The number of aromatic amines is 1. The Morgan fingerprint density at radius 1 is 1.55 bits per heavy atom. The number of rotatable bonds is 4. The van der Waals surface area contributed by atoms with Crippen molar-refractivity contribution in [3.63, 3.8) is 0 Å². The molecule has 0 saturated carbocycles. The van der Waals surface area contributed by atoms with E-state index in [-0.39, 0.29) is 11.8 Å². The molecule has 2 rings (SSSR count). The molecule has 1 aromatic carbocycles. The fourth-order valence-corrected chi connectivity index (χ4v) is 2.05. The van der Waals surface area contributed by atoms with E-state index in [4.69, 9.17) is 0 Å². The Hall–Kier alpha value is -1.83. The lowest BCUT2D eigenvalue weighted by molar-refractivity contribution is 0.0786. The van der Waals surface area contributed by atoms with Gasteiger partial charge < -0.3 is 4.90 Å². The number of H-pyrrole nitrogens is 1. The van der Waals surface area contributed by atoms with Crippen molar-refractivity contribution in [1.82, 2.24) is 25.5 Å². The second kappa shape index (κ2) is 6.08. The van der Waals surface area contributed by atoms with Gasteiger partial charge in [0.25, 0.3) is 5.91 Å². The number of carbonyl (C=O) groups is 1. The van der Waals surface area contributed by atoms with Gasteiger partial charge in [-0.2, -0.15) is 5.21 Å². The first-order chi connectivity index (χ1) is 9.49. The smallest absolute Gasteiger partial charge is 0.253 e. The largest absolute Gasteiger partial charge is 0.341 e. The zero-order chi connectivity index (χ0) is 14.7. The number of likely N-dealkylation sites (N-methyl/N-ethyl adjacent to an activating group) is 1. The van der Waals surface area contributed by atoms with Crippen molar-refractivity contribution in [2.75, 3.05) is 13.6 Å². The van der Waals surface area contributed by atoms with Crippen LogP contribution < -0.4 is 0 Å². The number of carbonyl (C=O) groups excluding carboxylic acids is 1. The minimum Gasteiger partial charge on any atom is -0.341 e. The monoisotopic (exact) mass is 341 g/mol. The van der Waals surface area contributed by atoms with Gasteiger partial charge in [0.05, 0.1) is 4.47 Å². The molecule has 1 amide bonds. The van der Waals surface area contributed by atoms with Crippen LogP contribution in [0.5, 0.6) is 0 Å². The first kappa shape index (κ1) is 14.6. The molecule has 1 aromatic heterocycles. The third kappa shape index (κ3) is 3.19. The average Bonchev–Trinajstić information content (AvgIpc) is 2.95. The number of halogens is 2. The molecule has 2 aromatic rings. The Bertz CT molecular complexity index is 604. The van der Waals surface area contributed by atoms with Crippen molar-refractivity contribution in [1.29, 1.82) is 0 Å². The zero-order valence-electron chi connectivity index (χ0n) is 11.0. The van der Waals surface area contributed by atoms with Gasteiger partial charge >= 0.3 is 0 Å². The number of nitrogens with zero attached hydrogens (tertiary/aromatic N) is 4. The maximum absolute atomic E-state index is 13.4. The lowest BCUT2D eigenvalue weighted by atomic mass is 10.1. The van der Waals surface area contributed by atoms with E-state index >= 15 is 0 Å². The van der Waals surface area contributed by atoms with E-state index in [1.165, 1.54) is 17.0 Å². The topological polar surface area (TPSA) is 74.8 Å². The van der Waals surface area contributed by atoms with Crippen LogP contribution in [0.1, 0.15) is 29.0 Å². The predicted molar refractivity (Wildman–Crippen MR) is 73.7 cm³/mol. The summed E-state index contributed by atoms with van der Waals surface area (Å²) in [4.78, 5) is 13.7. The normalized spacial score (nSPS) is 12.2. The summed E-state index contributed by atoms with van der Waals surface area (Å²) in [6, 6.07) is 4.30. The summed E-state index contributed by atoms with van der Waals surface area (Å²) < 4.78 is 13.8. The number of hydrogen-bond acceptors (Lipinski definition) is 4. The highest BCUT2D eigenvalue weighted by atomic mass is 79.9.